The number of amides is 1. The fraction of sp³-hybridized carbons (Fsp3) is 0.321. The number of aromatic amines is 1. The van der Waals surface area contributed by atoms with Gasteiger partial charge in [-0.2, -0.15) is 0 Å². The predicted octanol–water partition coefficient (Wildman–Crippen LogP) is 3.73. The molecule has 12 heteroatoms. The first-order valence-electron chi connectivity index (χ1n) is 12.9. The number of nitrogens with one attached hydrogen (secondary N) is 1. The molecule has 6 rings (SSSR count). The van der Waals surface area contributed by atoms with Crippen LogP contribution in [0.3, 0.4) is 0 Å². The van der Waals surface area contributed by atoms with Crippen LogP contribution in [0.1, 0.15) is 59.3 Å². The van der Waals surface area contributed by atoms with Crippen LogP contribution >= 0.6 is 0 Å². The molecule has 4 heterocycles. The van der Waals surface area contributed by atoms with E-state index in [4.69, 9.17) is 0 Å². The number of hydrogen-bond donors (Lipinski definition) is 3. The number of rotatable bonds is 3. The lowest BCUT2D eigenvalue weighted by Gasteiger charge is -2.42. The highest BCUT2D eigenvalue weighted by molar-refractivity contribution is 6.04. The summed E-state index contributed by atoms with van der Waals surface area (Å²) < 4.78 is 30.6. The molecule has 0 radical (unpaired) electrons. The number of hydrogen-bond acceptors (Lipinski definition) is 6. The monoisotopic (exact) mass is 549 g/mol. The van der Waals surface area contributed by atoms with Gasteiger partial charge in [-0.3, -0.25) is 19.3 Å². The first-order chi connectivity index (χ1) is 19.2. The molecule has 1 aliphatic carbocycles. The Balaban J connectivity index is 1.44. The van der Waals surface area contributed by atoms with Crippen molar-refractivity contribution >= 4 is 23.0 Å². The zero-order valence-electron chi connectivity index (χ0n) is 21.1. The molecule has 1 amide bonds. The van der Waals surface area contributed by atoms with Crippen LogP contribution in [0.4, 0.5) is 13.6 Å². The minimum atomic E-state index is -2.39. The zero-order chi connectivity index (χ0) is 28.2. The highest BCUT2D eigenvalue weighted by atomic mass is 19.2. The van der Waals surface area contributed by atoms with E-state index < -0.39 is 52.7 Å². The van der Waals surface area contributed by atoms with E-state index in [0.29, 0.717) is 17.6 Å². The Kier molecular flexibility index (Phi) is 6.21. The van der Waals surface area contributed by atoms with Crippen LogP contribution in [0.2, 0.25) is 0 Å². The second-order valence-corrected chi connectivity index (χ2v) is 10.3. The number of piperidine rings is 1. The third kappa shape index (κ3) is 3.98. The summed E-state index contributed by atoms with van der Waals surface area (Å²) in [6, 6.07) is 8.58. The number of pyridine rings is 2. The maximum Gasteiger partial charge on any atom is 0.407 e. The number of halogens is 2. The van der Waals surface area contributed by atoms with E-state index in [9.17, 15) is 33.4 Å². The summed E-state index contributed by atoms with van der Waals surface area (Å²) in [5, 5.41) is 21.7. The Morgan fingerprint density at radius 1 is 1.05 bits per heavy atom. The number of aliphatic hydroxyl groups is 1. The number of carbonyl (C=O) groups is 2. The van der Waals surface area contributed by atoms with Crippen molar-refractivity contribution in [2.24, 2.45) is 0 Å². The predicted molar refractivity (Wildman–Crippen MR) is 138 cm³/mol. The maximum atomic E-state index is 14.9. The van der Waals surface area contributed by atoms with Gasteiger partial charge >= 0.3 is 11.8 Å². The molecule has 1 saturated heterocycles. The van der Waals surface area contributed by atoms with E-state index in [0.717, 1.165) is 6.07 Å². The van der Waals surface area contributed by atoms with Crippen LogP contribution in [0.15, 0.2) is 59.7 Å². The minimum Gasteiger partial charge on any atom is -0.465 e. The van der Waals surface area contributed by atoms with Crippen LogP contribution < -0.4 is 5.69 Å². The lowest BCUT2D eigenvalue weighted by atomic mass is 9.81. The van der Waals surface area contributed by atoms with E-state index in [1.807, 2.05) is 0 Å². The molecule has 3 N–H and O–H groups in total. The number of Topliss-reactive ketones (excluding diaryl/α,β-unsaturated/α-hetero) is 1. The van der Waals surface area contributed by atoms with E-state index in [2.05, 4.69) is 15.0 Å². The molecule has 206 valence electrons. The molecule has 4 aromatic rings. The highest BCUT2D eigenvalue weighted by Crippen LogP contribution is 2.45. The van der Waals surface area contributed by atoms with Crippen LogP contribution in [0.5, 0.6) is 0 Å². The molecule has 2 aliphatic rings. The number of imidazole rings is 1. The van der Waals surface area contributed by atoms with E-state index in [1.54, 1.807) is 22.9 Å². The molecular formula is C28H25F2N5O5. The van der Waals surface area contributed by atoms with E-state index >= 15 is 0 Å². The molecule has 4 atom stereocenters. The number of fused-ring (bicyclic) bond motifs is 2. The third-order valence-corrected chi connectivity index (χ3v) is 8.21. The molecular weight excluding hydrogens is 524 g/mol. The van der Waals surface area contributed by atoms with Crippen molar-refractivity contribution in [2.75, 3.05) is 6.54 Å². The fourth-order valence-corrected chi connectivity index (χ4v) is 6.35. The van der Waals surface area contributed by atoms with Gasteiger partial charge in [-0.05, 0) is 56.0 Å². The smallest absolute Gasteiger partial charge is 0.407 e. The molecule has 10 nitrogen and oxygen atoms in total. The molecule has 1 aliphatic heterocycles. The number of H-pyrrole nitrogens is 1. The summed E-state index contributed by atoms with van der Waals surface area (Å²) in [4.78, 5) is 51.7. The summed E-state index contributed by atoms with van der Waals surface area (Å²) in [6.45, 7) is 0.111. The normalized spacial score (nSPS) is 25.0. The average molecular weight is 550 g/mol. The van der Waals surface area contributed by atoms with Gasteiger partial charge in [0.25, 0.3) is 0 Å². The van der Waals surface area contributed by atoms with E-state index in [1.165, 1.54) is 35.4 Å². The third-order valence-electron chi connectivity index (χ3n) is 8.21. The van der Waals surface area contributed by atoms with Crippen molar-refractivity contribution in [1.82, 2.24) is 24.4 Å². The lowest BCUT2D eigenvalue weighted by Crippen LogP contribution is -2.49. The van der Waals surface area contributed by atoms with Gasteiger partial charge in [0.15, 0.2) is 22.9 Å². The SMILES string of the molecule is O=C(O)N1CCC(n2c(=O)[nH]c3ncccc32)CC1[C@H]1CC[C@@](O)(c2cccc(F)c2F)C(=O)c2cccnc21. The second kappa shape index (κ2) is 9.63. The van der Waals surface area contributed by atoms with Crippen molar-refractivity contribution in [3.63, 3.8) is 0 Å². The van der Waals surface area contributed by atoms with Crippen LogP contribution in [-0.4, -0.2) is 59.1 Å². The Morgan fingerprint density at radius 2 is 1.82 bits per heavy atom. The molecule has 40 heavy (non-hydrogen) atoms. The van der Waals surface area contributed by atoms with Gasteiger partial charge in [0.1, 0.15) is 0 Å². The fourth-order valence-electron chi connectivity index (χ4n) is 6.35. The Hall–Kier alpha value is -4.45. The highest BCUT2D eigenvalue weighted by Gasteiger charge is 2.48. The summed E-state index contributed by atoms with van der Waals surface area (Å²) >= 11 is 0. The lowest BCUT2D eigenvalue weighted by molar-refractivity contribution is 0.0200. The number of carboxylic acid groups (broad SMARTS) is 1. The van der Waals surface area contributed by atoms with Crippen molar-refractivity contribution < 1.29 is 28.6 Å². The Bertz CT molecular complexity index is 1700. The number of benzene rings is 1. The number of likely N-dealkylation sites (tertiary alicyclic amines) is 1. The van der Waals surface area contributed by atoms with Gasteiger partial charge < -0.3 is 15.1 Å². The Morgan fingerprint density at radius 3 is 2.62 bits per heavy atom. The zero-order valence-corrected chi connectivity index (χ0v) is 21.1. The van der Waals surface area contributed by atoms with Crippen molar-refractivity contribution in [1.29, 1.82) is 0 Å². The van der Waals surface area contributed by atoms with Gasteiger partial charge in [0.05, 0.1) is 11.2 Å². The van der Waals surface area contributed by atoms with Crippen molar-refractivity contribution in [3.05, 3.63) is 93.8 Å². The quantitative estimate of drug-likeness (QED) is 0.331. The average Bonchev–Trinajstić information content (AvgIpc) is 3.24. The Labute approximate surface area is 225 Å². The maximum absolute atomic E-state index is 14.9. The van der Waals surface area contributed by atoms with Crippen LogP contribution in [-0.2, 0) is 5.60 Å². The second-order valence-electron chi connectivity index (χ2n) is 10.3. The number of carbonyl (C=O) groups excluding carboxylic acids is 1. The number of ketones is 1. The first kappa shape index (κ1) is 25.8. The molecule has 0 bridgehead atoms. The standard InChI is InChI=1S/C28H25F2N5O5/c29-19-6-1-5-18(22(19)30)28(40)10-8-16(23-17(24(28)36)4-2-11-31-23)21-14-15(9-13-34(21)27(38)39)35-20-7-3-12-32-25(20)33-26(35)37/h1-7,11-12,15-16,21,40H,8-10,13-14H2,(H,38,39)(H,32,33,37)/t15?,16-,21?,28-/m1/s1. The van der Waals surface area contributed by atoms with Gasteiger partial charge in [0, 0.05) is 48.1 Å². The minimum absolute atomic E-state index is 0.0112. The van der Waals surface area contributed by atoms with Gasteiger partial charge in [-0.25, -0.2) is 23.4 Å². The largest absolute Gasteiger partial charge is 0.465 e. The van der Waals surface area contributed by atoms with Crippen molar-refractivity contribution in [3.8, 4) is 0 Å². The summed E-state index contributed by atoms with van der Waals surface area (Å²) in [7, 11) is 0. The van der Waals surface area contributed by atoms with Crippen LogP contribution in [0.25, 0.3) is 11.2 Å². The molecule has 0 spiro atoms. The van der Waals surface area contributed by atoms with Gasteiger partial charge in [0.2, 0.25) is 5.78 Å². The van der Waals surface area contributed by atoms with Gasteiger partial charge in [-0.15, -0.1) is 0 Å². The first-order valence-corrected chi connectivity index (χ1v) is 12.9. The molecule has 1 aromatic carbocycles. The van der Waals surface area contributed by atoms with Crippen LogP contribution in [0, 0.1) is 11.6 Å². The number of nitrogens with zero attached hydrogens (tertiary/aromatic N) is 4. The molecule has 1 fully saturated rings. The number of aromatic nitrogens is 4. The summed E-state index contributed by atoms with van der Waals surface area (Å²) in [6.07, 6.45) is 2.20. The molecule has 3 aromatic heterocycles. The van der Waals surface area contributed by atoms with Gasteiger partial charge in [-0.1, -0.05) is 12.1 Å². The molecule has 2 unspecified atom stereocenters. The molecule has 0 saturated carbocycles. The van der Waals surface area contributed by atoms with E-state index in [-0.39, 0.29) is 42.8 Å². The van der Waals surface area contributed by atoms with Crippen molar-refractivity contribution in [2.45, 2.75) is 49.3 Å². The summed E-state index contributed by atoms with van der Waals surface area (Å²) in [5.41, 5.74) is -1.96. The topological polar surface area (TPSA) is 141 Å². The summed E-state index contributed by atoms with van der Waals surface area (Å²) in [5.74, 6) is -4.03.